The Morgan fingerprint density at radius 2 is 1.68 bits per heavy atom. The fraction of sp³-hybridized carbons (Fsp3) is 0.708. The normalized spacial score (nSPS) is 22.8. The van der Waals surface area contributed by atoms with Gasteiger partial charge in [-0.05, 0) is 74.5 Å². The Balaban J connectivity index is 2.57. The summed E-state index contributed by atoms with van der Waals surface area (Å²) in [5.74, 6) is -1.42. The fourth-order valence-electron chi connectivity index (χ4n) is 4.58. The molecule has 0 aliphatic heterocycles. The zero-order chi connectivity index (χ0) is 24.2. The molecule has 0 radical (unpaired) electrons. The third-order valence-electron chi connectivity index (χ3n) is 6.61. The van der Waals surface area contributed by atoms with Crippen molar-refractivity contribution < 1.29 is 18.3 Å². The van der Waals surface area contributed by atoms with Gasteiger partial charge in [0.2, 0.25) is 10.0 Å². The molecule has 0 saturated heterocycles. The van der Waals surface area contributed by atoms with Gasteiger partial charge in [0.05, 0.1) is 16.2 Å². The molecule has 31 heavy (non-hydrogen) atoms. The second kappa shape index (κ2) is 8.35. The SMILES string of the molecule is CC(C)C(C(=O)O)C(C)(NS(=O)(=O)C(C)(C)C)c1ccc([C@@H]2C[C@H]2C(C)(C)C)c(Cl)c1. The predicted molar refractivity (Wildman–Crippen MR) is 127 cm³/mol. The summed E-state index contributed by atoms with van der Waals surface area (Å²) in [6.45, 7) is 16.7. The van der Waals surface area contributed by atoms with Crippen LogP contribution in [0.5, 0.6) is 0 Å². The van der Waals surface area contributed by atoms with Crippen LogP contribution < -0.4 is 4.72 Å². The molecular formula is C24H38ClNO4S. The van der Waals surface area contributed by atoms with Crippen LogP contribution >= 0.6 is 11.6 Å². The first kappa shape index (κ1) is 26.1. The number of aliphatic carboxylic acids is 1. The Bertz CT molecular complexity index is 943. The number of hydrogen-bond acceptors (Lipinski definition) is 3. The Labute approximate surface area is 193 Å². The number of carbonyl (C=O) groups is 1. The van der Waals surface area contributed by atoms with E-state index in [-0.39, 0.29) is 11.3 Å². The summed E-state index contributed by atoms with van der Waals surface area (Å²) in [7, 11) is -3.83. The molecule has 2 rings (SSSR count). The standard InChI is InChI=1S/C24H38ClNO4S/c1-14(2)20(21(27)28)24(9,26-31(29,30)23(6,7)8)15-10-11-16(19(25)12-15)17-13-18(17)22(3,4)5/h10-12,14,17-18,20,26H,13H2,1-9H3,(H,27,28)/t17-,18+,20?,24?/m0/s1. The van der Waals surface area contributed by atoms with Crippen LogP contribution in [0.15, 0.2) is 18.2 Å². The van der Waals surface area contributed by atoms with E-state index in [1.54, 1.807) is 47.6 Å². The maximum Gasteiger partial charge on any atom is 0.309 e. The van der Waals surface area contributed by atoms with Gasteiger partial charge in [0.15, 0.2) is 0 Å². The summed E-state index contributed by atoms with van der Waals surface area (Å²) in [6, 6.07) is 5.53. The first-order valence-electron chi connectivity index (χ1n) is 10.9. The zero-order valence-electron chi connectivity index (χ0n) is 20.2. The predicted octanol–water partition coefficient (Wildman–Crippen LogP) is 5.78. The molecule has 1 aliphatic carbocycles. The molecule has 0 heterocycles. The minimum absolute atomic E-state index is 0.190. The number of nitrogens with one attached hydrogen (secondary N) is 1. The molecule has 2 N–H and O–H groups in total. The van der Waals surface area contributed by atoms with Crippen molar-refractivity contribution in [2.24, 2.45) is 23.2 Å². The van der Waals surface area contributed by atoms with Gasteiger partial charge in [0, 0.05) is 5.02 Å². The Morgan fingerprint density at radius 1 is 1.13 bits per heavy atom. The molecule has 2 unspecified atom stereocenters. The van der Waals surface area contributed by atoms with Gasteiger partial charge in [-0.1, -0.05) is 58.4 Å². The van der Waals surface area contributed by atoms with E-state index in [0.29, 0.717) is 22.4 Å². The molecule has 1 aliphatic rings. The molecule has 1 fully saturated rings. The number of benzene rings is 1. The van der Waals surface area contributed by atoms with Gasteiger partial charge in [-0.3, -0.25) is 4.79 Å². The molecule has 5 nitrogen and oxygen atoms in total. The van der Waals surface area contributed by atoms with Crippen LogP contribution in [-0.4, -0.2) is 24.2 Å². The average molecular weight is 472 g/mol. The lowest BCUT2D eigenvalue weighted by Crippen LogP contribution is -2.56. The maximum absolute atomic E-state index is 13.1. The highest BCUT2D eigenvalue weighted by Crippen LogP contribution is 2.58. The summed E-state index contributed by atoms with van der Waals surface area (Å²) < 4.78 is 27.8. The lowest BCUT2D eigenvalue weighted by Gasteiger charge is -2.40. The van der Waals surface area contributed by atoms with E-state index < -0.39 is 32.2 Å². The van der Waals surface area contributed by atoms with Crippen molar-refractivity contribution in [2.45, 2.75) is 84.9 Å². The number of rotatable bonds is 7. The number of carboxylic acids is 1. The van der Waals surface area contributed by atoms with Crippen molar-refractivity contribution in [2.75, 3.05) is 0 Å². The molecular weight excluding hydrogens is 434 g/mol. The fourth-order valence-corrected chi connectivity index (χ4v) is 6.01. The zero-order valence-corrected chi connectivity index (χ0v) is 21.8. The van der Waals surface area contributed by atoms with Crippen LogP contribution in [0, 0.1) is 23.2 Å². The van der Waals surface area contributed by atoms with E-state index >= 15 is 0 Å². The van der Waals surface area contributed by atoms with E-state index in [0.717, 1.165) is 12.0 Å². The van der Waals surface area contributed by atoms with Crippen LogP contribution in [-0.2, 0) is 20.4 Å². The summed E-state index contributed by atoms with van der Waals surface area (Å²) in [5, 5.41) is 10.6. The molecule has 1 aromatic rings. The Kier molecular flexibility index (Phi) is 7.04. The summed E-state index contributed by atoms with van der Waals surface area (Å²) in [5.41, 5.74) is 0.433. The third-order valence-corrected chi connectivity index (χ3v) is 9.24. The van der Waals surface area contributed by atoms with Gasteiger partial charge in [-0.15, -0.1) is 0 Å². The largest absolute Gasteiger partial charge is 0.481 e. The minimum atomic E-state index is -3.83. The van der Waals surface area contributed by atoms with Crippen molar-refractivity contribution in [1.29, 1.82) is 0 Å². The minimum Gasteiger partial charge on any atom is -0.481 e. The molecule has 0 bridgehead atoms. The maximum atomic E-state index is 13.1. The van der Waals surface area contributed by atoms with Crippen LogP contribution in [0.2, 0.25) is 5.02 Å². The van der Waals surface area contributed by atoms with Crippen molar-refractivity contribution in [3.8, 4) is 0 Å². The first-order valence-corrected chi connectivity index (χ1v) is 12.8. The van der Waals surface area contributed by atoms with Crippen LogP contribution in [0.3, 0.4) is 0 Å². The lowest BCUT2D eigenvalue weighted by atomic mass is 9.74. The second-order valence-electron chi connectivity index (χ2n) is 11.5. The number of carboxylic acid groups (broad SMARTS) is 1. The van der Waals surface area contributed by atoms with Gasteiger partial charge in [-0.2, -0.15) is 0 Å². The highest BCUT2D eigenvalue weighted by atomic mass is 35.5. The molecule has 176 valence electrons. The van der Waals surface area contributed by atoms with Gasteiger partial charge in [-0.25, -0.2) is 13.1 Å². The Hall–Kier alpha value is -1.11. The smallest absolute Gasteiger partial charge is 0.309 e. The summed E-state index contributed by atoms with van der Waals surface area (Å²) in [4.78, 5) is 12.3. The number of sulfonamides is 1. The third kappa shape index (κ3) is 5.28. The van der Waals surface area contributed by atoms with Crippen molar-refractivity contribution in [3.63, 3.8) is 0 Å². The summed E-state index contributed by atoms with van der Waals surface area (Å²) in [6.07, 6.45) is 1.07. The molecule has 4 atom stereocenters. The molecule has 0 aromatic heterocycles. The topological polar surface area (TPSA) is 83.5 Å². The van der Waals surface area contributed by atoms with Gasteiger partial charge >= 0.3 is 5.97 Å². The van der Waals surface area contributed by atoms with Gasteiger partial charge < -0.3 is 5.11 Å². The van der Waals surface area contributed by atoms with Crippen molar-refractivity contribution in [3.05, 3.63) is 34.3 Å². The van der Waals surface area contributed by atoms with Crippen LogP contribution in [0.1, 0.15) is 85.8 Å². The van der Waals surface area contributed by atoms with Crippen LogP contribution in [0.4, 0.5) is 0 Å². The van der Waals surface area contributed by atoms with Gasteiger partial charge in [0.1, 0.15) is 0 Å². The summed E-state index contributed by atoms with van der Waals surface area (Å²) >= 11 is 6.69. The quantitative estimate of drug-likeness (QED) is 0.527. The first-order chi connectivity index (χ1) is 13.8. The van der Waals surface area contributed by atoms with E-state index in [9.17, 15) is 18.3 Å². The molecule has 0 spiro atoms. The molecule has 1 aromatic carbocycles. The second-order valence-corrected chi connectivity index (χ2v) is 14.4. The molecule has 7 heteroatoms. The van der Waals surface area contributed by atoms with Gasteiger partial charge in [0.25, 0.3) is 0 Å². The number of halogens is 1. The van der Waals surface area contributed by atoms with Crippen molar-refractivity contribution >= 4 is 27.6 Å². The Morgan fingerprint density at radius 3 is 2.03 bits per heavy atom. The monoisotopic (exact) mass is 471 g/mol. The van der Waals surface area contributed by atoms with E-state index in [2.05, 4.69) is 25.5 Å². The average Bonchev–Trinajstić information content (AvgIpc) is 3.32. The van der Waals surface area contributed by atoms with E-state index in [1.165, 1.54) is 0 Å². The highest BCUT2D eigenvalue weighted by molar-refractivity contribution is 7.90. The van der Waals surface area contributed by atoms with Crippen LogP contribution in [0.25, 0.3) is 0 Å². The molecule has 1 saturated carbocycles. The molecule has 0 amide bonds. The highest BCUT2D eigenvalue weighted by Gasteiger charge is 2.49. The van der Waals surface area contributed by atoms with E-state index in [1.807, 2.05) is 12.1 Å². The van der Waals surface area contributed by atoms with E-state index in [4.69, 9.17) is 11.6 Å². The lowest BCUT2D eigenvalue weighted by molar-refractivity contribution is -0.146. The van der Waals surface area contributed by atoms with Crippen molar-refractivity contribution in [1.82, 2.24) is 4.72 Å². The number of hydrogen-bond donors (Lipinski definition) is 2.